The van der Waals surface area contributed by atoms with Crippen molar-refractivity contribution in [1.29, 1.82) is 0 Å². The smallest absolute Gasteiger partial charge is 0.410 e. The predicted molar refractivity (Wildman–Crippen MR) is 115 cm³/mol. The molecule has 0 saturated carbocycles. The van der Waals surface area contributed by atoms with Crippen LogP contribution in [0.5, 0.6) is 0 Å². The third-order valence-corrected chi connectivity index (χ3v) is 7.23. The molecule has 9 heteroatoms. The highest BCUT2D eigenvalue weighted by Crippen LogP contribution is 2.30. The normalized spacial score (nSPS) is 20.9. The number of hydrogen-bond acceptors (Lipinski definition) is 4. The van der Waals surface area contributed by atoms with Gasteiger partial charge in [0, 0.05) is 25.0 Å². The van der Waals surface area contributed by atoms with E-state index < -0.39 is 21.7 Å². The summed E-state index contributed by atoms with van der Waals surface area (Å²) in [6.45, 7) is 6.61. The second-order valence-corrected chi connectivity index (χ2v) is 11.0. The Morgan fingerprint density at radius 2 is 1.83 bits per heavy atom. The van der Waals surface area contributed by atoms with Gasteiger partial charge in [-0.1, -0.05) is 23.2 Å². The standard InChI is InChI=1S/C20H26Cl2N2O4S/c1-20(2,3)28-19(25)24-8-4-5-16(24)7-10-29(26,27)23-9-6-14-11-17(21)18(22)12-15(14)13-23/h7,10-12,16H,4-6,8-9,13H2,1-3H3. The summed E-state index contributed by atoms with van der Waals surface area (Å²) in [6, 6.07) is 3.24. The molecule has 2 heterocycles. The van der Waals surface area contributed by atoms with E-state index in [1.165, 1.54) is 9.71 Å². The lowest BCUT2D eigenvalue weighted by Gasteiger charge is -2.28. The van der Waals surface area contributed by atoms with Gasteiger partial charge in [0.2, 0.25) is 10.0 Å². The number of halogens is 2. The maximum atomic E-state index is 12.9. The van der Waals surface area contributed by atoms with Crippen molar-refractivity contribution < 1.29 is 17.9 Å². The Kier molecular flexibility index (Phi) is 6.53. The van der Waals surface area contributed by atoms with Gasteiger partial charge < -0.3 is 9.64 Å². The first-order valence-electron chi connectivity index (χ1n) is 9.61. The molecule has 1 aromatic carbocycles. The zero-order valence-electron chi connectivity index (χ0n) is 16.8. The van der Waals surface area contributed by atoms with Gasteiger partial charge in [-0.2, -0.15) is 4.31 Å². The van der Waals surface area contributed by atoms with Crippen LogP contribution in [-0.2, 0) is 27.7 Å². The number of likely N-dealkylation sites (tertiary alicyclic amines) is 1. The number of nitrogens with zero attached hydrogens (tertiary/aromatic N) is 2. The first-order valence-corrected chi connectivity index (χ1v) is 11.9. The van der Waals surface area contributed by atoms with Gasteiger partial charge in [0.15, 0.2) is 0 Å². The minimum absolute atomic E-state index is 0.249. The molecule has 0 aliphatic carbocycles. The number of carbonyl (C=O) groups excluding carboxylic acids is 1. The summed E-state index contributed by atoms with van der Waals surface area (Å²) in [7, 11) is -3.62. The topological polar surface area (TPSA) is 66.9 Å². The van der Waals surface area contributed by atoms with Crippen LogP contribution >= 0.6 is 23.2 Å². The summed E-state index contributed by atoms with van der Waals surface area (Å²) in [6.07, 6.45) is 3.27. The van der Waals surface area contributed by atoms with Gasteiger partial charge in [0.1, 0.15) is 5.60 Å². The van der Waals surface area contributed by atoms with Crippen LogP contribution in [0.25, 0.3) is 0 Å². The molecule has 1 saturated heterocycles. The SMILES string of the molecule is CC(C)(C)OC(=O)N1CCCC1C=CS(=O)(=O)N1CCc2cc(Cl)c(Cl)cc2C1. The number of rotatable bonds is 3. The largest absolute Gasteiger partial charge is 0.444 e. The average molecular weight is 461 g/mol. The van der Waals surface area contributed by atoms with Crippen LogP contribution in [0.4, 0.5) is 4.79 Å². The minimum atomic E-state index is -3.62. The highest BCUT2D eigenvalue weighted by molar-refractivity contribution is 7.92. The van der Waals surface area contributed by atoms with Gasteiger partial charge >= 0.3 is 6.09 Å². The van der Waals surface area contributed by atoms with Gasteiger partial charge in [0.25, 0.3) is 0 Å². The lowest BCUT2D eigenvalue weighted by Crippen LogP contribution is -2.39. The zero-order chi connectivity index (χ0) is 21.4. The molecule has 1 amide bonds. The fourth-order valence-electron chi connectivity index (χ4n) is 3.56. The molecule has 6 nitrogen and oxygen atoms in total. The van der Waals surface area contributed by atoms with E-state index in [2.05, 4.69) is 0 Å². The molecular weight excluding hydrogens is 435 g/mol. The average Bonchev–Trinajstić information content (AvgIpc) is 3.08. The Bertz CT molecular complexity index is 925. The van der Waals surface area contributed by atoms with Crippen molar-refractivity contribution in [3.63, 3.8) is 0 Å². The van der Waals surface area contributed by atoms with Gasteiger partial charge in [-0.15, -0.1) is 0 Å². The van der Waals surface area contributed by atoms with Crippen LogP contribution in [0.2, 0.25) is 10.0 Å². The quantitative estimate of drug-likeness (QED) is 0.660. The molecular formula is C20H26Cl2N2O4S. The molecule has 2 aliphatic heterocycles. The summed E-state index contributed by atoms with van der Waals surface area (Å²) < 4.78 is 32.6. The Balaban J connectivity index is 1.71. The molecule has 160 valence electrons. The number of fused-ring (bicyclic) bond motifs is 1. The first-order chi connectivity index (χ1) is 13.5. The first kappa shape index (κ1) is 22.4. The van der Waals surface area contributed by atoms with Crippen molar-refractivity contribution in [2.24, 2.45) is 0 Å². The maximum Gasteiger partial charge on any atom is 0.410 e. The molecule has 1 atom stereocenters. The van der Waals surface area contributed by atoms with E-state index >= 15 is 0 Å². The van der Waals surface area contributed by atoms with Gasteiger partial charge in [0.05, 0.1) is 16.1 Å². The maximum absolute atomic E-state index is 12.9. The molecule has 0 aromatic heterocycles. The number of amides is 1. The molecule has 2 aliphatic rings. The monoisotopic (exact) mass is 460 g/mol. The van der Waals surface area contributed by atoms with Crippen molar-refractivity contribution in [2.75, 3.05) is 13.1 Å². The van der Waals surface area contributed by atoms with E-state index in [-0.39, 0.29) is 12.6 Å². The molecule has 1 unspecified atom stereocenters. The van der Waals surface area contributed by atoms with Crippen LogP contribution in [-0.4, -0.2) is 48.4 Å². The van der Waals surface area contributed by atoms with E-state index in [0.29, 0.717) is 36.0 Å². The van der Waals surface area contributed by atoms with Crippen LogP contribution in [0.1, 0.15) is 44.7 Å². The zero-order valence-corrected chi connectivity index (χ0v) is 19.1. The van der Waals surface area contributed by atoms with Crippen molar-refractivity contribution in [1.82, 2.24) is 9.21 Å². The van der Waals surface area contributed by atoms with E-state index in [0.717, 1.165) is 17.5 Å². The van der Waals surface area contributed by atoms with E-state index in [1.54, 1.807) is 23.1 Å². The third kappa shape index (κ3) is 5.45. The highest BCUT2D eigenvalue weighted by atomic mass is 35.5. The molecule has 29 heavy (non-hydrogen) atoms. The van der Waals surface area contributed by atoms with Crippen LogP contribution < -0.4 is 0 Å². The van der Waals surface area contributed by atoms with Crippen molar-refractivity contribution in [3.05, 3.63) is 44.8 Å². The lowest BCUT2D eigenvalue weighted by atomic mass is 10.0. The molecule has 0 radical (unpaired) electrons. The number of ether oxygens (including phenoxy) is 1. The summed E-state index contributed by atoms with van der Waals surface area (Å²) in [5.41, 5.74) is 1.28. The van der Waals surface area contributed by atoms with Crippen LogP contribution in [0.15, 0.2) is 23.6 Å². The third-order valence-electron chi connectivity index (χ3n) is 4.98. The van der Waals surface area contributed by atoms with Crippen LogP contribution in [0, 0.1) is 0 Å². The molecule has 0 bridgehead atoms. The van der Waals surface area contributed by atoms with E-state index in [1.807, 2.05) is 20.8 Å². The summed E-state index contributed by atoms with van der Waals surface area (Å²) in [5, 5.41) is 2.10. The van der Waals surface area contributed by atoms with Crippen molar-refractivity contribution >= 4 is 39.3 Å². The number of sulfonamides is 1. The Morgan fingerprint density at radius 1 is 1.17 bits per heavy atom. The van der Waals surface area contributed by atoms with E-state index in [9.17, 15) is 13.2 Å². The fourth-order valence-corrected chi connectivity index (χ4v) is 5.15. The van der Waals surface area contributed by atoms with Gasteiger partial charge in [-0.3, -0.25) is 0 Å². The van der Waals surface area contributed by atoms with Crippen LogP contribution in [0.3, 0.4) is 0 Å². The predicted octanol–water partition coefficient (Wildman–Crippen LogP) is 4.59. The molecule has 3 rings (SSSR count). The fraction of sp³-hybridized carbons (Fsp3) is 0.550. The molecule has 0 spiro atoms. The van der Waals surface area contributed by atoms with Gasteiger partial charge in [-0.05, 0) is 69.4 Å². The Morgan fingerprint density at radius 3 is 2.48 bits per heavy atom. The summed E-state index contributed by atoms with van der Waals surface area (Å²) in [4.78, 5) is 14.0. The van der Waals surface area contributed by atoms with Crippen molar-refractivity contribution in [2.45, 2.75) is 58.2 Å². The van der Waals surface area contributed by atoms with Crippen molar-refractivity contribution in [3.8, 4) is 0 Å². The Labute approximate surface area is 182 Å². The summed E-state index contributed by atoms with van der Waals surface area (Å²) >= 11 is 12.1. The second kappa shape index (κ2) is 8.46. The molecule has 1 aromatic rings. The highest BCUT2D eigenvalue weighted by Gasteiger charge is 2.32. The summed E-state index contributed by atoms with van der Waals surface area (Å²) in [5.74, 6) is 0. The lowest BCUT2D eigenvalue weighted by molar-refractivity contribution is 0.0256. The minimum Gasteiger partial charge on any atom is -0.444 e. The molecule has 0 N–H and O–H groups in total. The van der Waals surface area contributed by atoms with Gasteiger partial charge in [-0.25, -0.2) is 13.2 Å². The number of hydrogen-bond donors (Lipinski definition) is 0. The number of carbonyl (C=O) groups is 1. The number of benzene rings is 1. The molecule has 1 fully saturated rings. The Hall–Kier alpha value is -1.28. The second-order valence-electron chi connectivity index (χ2n) is 8.38. The van der Waals surface area contributed by atoms with E-state index in [4.69, 9.17) is 27.9 Å².